The molecule has 8 heteroatoms. The van der Waals surface area contributed by atoms with Gasteiger partial charge in [-0.25, -0.2) is 4.79 Å². The number of nitrogens with one attached hydrogen (secondary N) is 2. The van der Waals surface area contributed by atoms with Crippen LogP contribution in [-0.2, 0) is 22.6 Å². The van der Waals surface area contributed by atoms with E-state index in [1.165, 1.54) is 7.11 Å². The van der Waals surface area contributed by atoms with Crippen molar-refractivity contribution in [3.8, 4) is 11.1 Å². The van der Waals surface area contributed by atoms with Gasteiger partial charge in [0.15, 0.2) is 0 Å². The number of aliphatic hydroxyl groups is 1. The number of amides is 2. The molecule has 0 saturated carbocycles. The predicted octanol–water partition coefficient (Wildman–Crippen LogP) is 2.84. The molecule has 0 saturated heterocycles. The number of hydrogen-bond acceptors (Lipinski definition) is 6. The highest BCUT2D eigenvalue weighted by atomic mass is 16.5. The number of carbonyl (C=O) groups is 2. The molecule has 1 heterocycles. The molecule has 2 amide bonds. The minimum Gasteiger partial charge on any atom is -0.453 e. The molecule has 0 bridgehead atoms. The van der Waals surface area contributed by atoms with Crippen LogP contribution in [0.25, 0.3) is 11.1 Å². The highest BCUT2D eigenvalue weighted by Crippen LogP contribution is 2.27. The fraction of sp³-hybridized carbons (Fsp3) is 0.182. The zero-order valence-electron chi connectivity index (χ0n) is 16.4. The Balaban J connectivity index is 1.92. The highest BCUT2D eigenvalue weighted by molar-refractivity contribution is 5.85. The molecule has 0 unspecified atom stereocenters. The Morgan fingerprint density at radius 3 is 2.50 bits per heavy atom. The smallest absolute Gasteiger partial charge is 0.411 e. The Morgan fingerprint density at radius 1 is 1.13 bits per heavy atom. The normalized spacial score (nSPS) is 11.4. The van der Waals surface area contributed by atoms with Crippen molar-refractivity contribution < 1.29 is 19.4 Å². The predicted molar refractivity (Wildman–Crippen MR) is 112 cm³/mol. The summed E-state index contributed by atoms with van der Waals surface area (Å²) in [7, 11) is 1.29. The summed E-state index contributed by atoms with van der Waals surface area (Å²) in [4.78, 5) is 22.5. The van der Waals surface area contributed by atoms with E-state index < -0.39 is 6.09 Å². The zero-order valence-corrected chi connectivity index (χ0v) is 16.4. The number of anilines is 1. The van der Waals surface area contributed by atoms with Gasteiger partial charge in [0.2, 0.25) is 6.41 Å². The van der Waals surface area contributed by atoms with Crippen LogP contribution in [0, 0.1) is 0 Å². The molecule has 0 aliphatic heterocycles. The van der Waals surface area contributed by atoms with Gasteiger partial charge in [-0.15, -0.1) is 0 Å². The van der Waals surface area contributed by atoms with Gasteiger partial charge in [-0.05, 0) is 35.7 Å². The Labute approximate surface area is 173 Å². The quantitative estimate of drug-likeness (QED) is 0.496. The van der Waals surface area contributed by atoms with E-state index in [1.54, 1.807) is 24.3 Å². The van der Waals surface area contributed by atoms with E-state index in [1.807, 2.05) is 36.4 Å². The number of nitrogens with zero attached hydrogens (tertiary/aromatic N) is 2. The first-order valence-electron chi connectivity index (χ1n) is 9.31. The molecule has 154 valence electrons. The number of rotatable bonds is 8. The highest BCUT2D eigenvalue weighted by Gasteiger charge is 2.17. The van der Waals surface area contributed by atoms with Crippen molar-refractivity contribution in [3.05, 3.63) is 77.6 Å². The minimum atomic E-state index is -0.560. The van der Waals surface area contributed by atoms with E-state index in [-0.39, 0.29) is 12.6 Å². The van der Waals surface area contributed by atoms with Crippen LogP contribution in [-0.4, -0.2) is 34.9 Å². The number of methoxy groups -OCH3 is 1. The number of carbonyl (C=O) groups excluding carboxylic acids is 2. The van der Waals surface area contributed by atoms with Crippen LogP contribution in [0.5, 0.6) is 0 Å². The van der Waals surface area contributed by atoms with Gasteiger partial charge >= 0.3 is 6.09 Å². The molecular weight excluding hydrogens is 384 g/mol. The molecule has 3 aromatic rings. The van der Waals surface area contributed by atoms with Gasteiger partial charge in [0.05, 0.1) is 31.1 Å². The first-order valence-corrected chi connectivity index (χ1v) is 9.31. The fourth-order valence-corrected chi connectivity index (χ4v) is 3.05. The third-order valence-electron chi connectivity index (χ3n) is 4.58. The maximum absolute atomic E-state index is 11.3. The molecule has 0 aliphatic carbocycles. The third-order valence-corrected chi connectivity index (χ3v) is 4.58. The fourth-order valence-electron chi connectivity index (χ4n) is 3.05. The lowest BCUT2D eigenvalue weighted by Crippen LogP contribution is -2.23. The van der Waals surface area contributed by atoms with Crippen LogP contribution < -0.4 is 10.6 Å². The Bertz CT molecular complexity index is 994. The van der Waals surface area contributed by atoms with Gasteiger partial charge in [0.1, 0.15) is 0 Å². The lowest BCUT2D eigenvalue weighted by molar-refractivity contribution is -0.110. The van der Waals surface area contributed by atoms with E-state index in [2.05, 4.69) is 25.6 Å². The SMILES string of the molecule is COC(=O)Nc1ccc(-c2cc([C@H](Cc3ccccc3)NC=O)nnc2CO)cc1. The molecule has 3 N–H and O–H groups in total. The monoisotopic (exact) mass is 406 g/mol. The van der Waals surface area contributed by atoms with Gasteiger partial charge < -0.3 is 15.2 Å². The molecule has 0 fully saturated rings. The van der Waals surface area contributed by atoms with Crippen molar-refractivity contribution >= 4 is 18.2 Å². The van der Waals surface area contributed by atoms with Gasteiger partial charge in [-0.3, -0.25) is 10.1 Å². The summed E-state index contributed by atoms with van der Waals surface area (Å²) in [6, 6.07) is 18.2. The van der Waals surface area contributed by atoms with Crippen LogP contribution in [0.3, 0.4) is 0 Å². The summed E-state index contributed by atoms with van der Waals surface area (Å²) < 4.78 is 4.58. The molecule has 1 aromatic heterocycles. The largest absolute Gasteiger partial charge is 0.453 e. The van der Waals surface area contributed by atoms with Gasteiger partial charge in [0, 0.05) is 11.3 Å². The number of aliphatic hydroxyl groups excluding tert-OH is 1. The summed E-state index contributed by atoms with van der Waals surface area (Å²) in [5.74, 6) is 0. The Kier molecular flexibility index (Phi) is 7.07. The van der Waals surface area contributed by atoms with Gasteiger partial charge in [-0.2, -0.15) is 10.2 Å². The molecule has 2 aromatic carbocycles. The first kappa shape index (κ1) is 20.9. The zero-order chi connectivity index (χ0) is 21.3. The number of benzene rings is 2. The Hall–Kier alpha value is -3.78. The van der Waals surface area contributed by atoms with Crippen LogP contribution >= 0.6 is 0 Å². The molecule has 1 atom stereocenters. The summed E-state index contributed by atoms with van der Waals surface area (Å²) in [6.45, 7) is -0.283. The van der Waals surface area contributed by atoms with Crippen LogP contribution in [0.15, 0.2) is 60.7 Å². The second-order valence-electron chi connectivity index (χ2n) is 6.51. The van der Waals surface area contributed by atoms with Gasteiger partial charge in [-0.1, -0.05) is 42.5 Å². The van der Waals surface area contributed by atoms with E-state index >= 15 is 0 Å². The lowest BCUT2D eigenvalue weighted by Gasteiger charge is -2.17. The van der Waals surface area contributed by atoms with Crippen molar-refractivity contribution in [1.29, 1.82) is 0 Å². The van der Waals surface area contributed by atoms with E-state index in [4.69, 9.17) is 0 Å². The molecule has 30 heavy (non-hydrogen) atoms. The van der Waals surface area contributed by atoms with Crippen LogP contribution in [0.2, 0.25) is 0 Å². The van der Waals surface area contributed by atoms with Crippen molar-refractivity contribution in [2.45, 2.75) is 19.1 Å². The van der Waals surface area contributed by atoms with E-state index in [0.717, 1.165) is 11.1 Å². The summed E-state index contributed by atoms with van der Waals surface area (Å²) in [6.07, 6.45) is 0.631. The topological polar surface area (TPSA) is 113 Å². The average Bonchev–Trinajstić information content (AvgIpc) is 2.79. The maximum atomic E-state index is 11.3. The second kappa shape index (κ2) is 10.1. The lowest BCUT2D eigenvalue weighted by atomic mass is 9.99. The number of aromatic nitrogens is 2. The van der Waals surface area contributed by atoms with Crippen LogP contribution in [0.1, 0.15) is 23.0 Å². The van der Waals surface area contributed by atoms with E-state index in [0.29, 0.717) is 35.5 Å². The molecule has 8 nitrogen and oxygen atoms in total. The standard InChI is InChI=1S/C22H22N4O4/c1-30-22(29)24-17-9-7-16(8-10-17)18-12-20(25-26-21(18)13-27)19(23-14-28)11-15-5-3-2-4-6-15/h2-10,12,14,19,27H,11,13H2,1H3,(H,23,28)(H,24,29)/t19-/m0/s1. The third kappa shape index (κ3) is 5.18. The number of ether oxygens (including phenoxy) is 1. The van der Waals surface area contributed by atoms with E-state index in [9.17, 15) is 14.7 Å². The molecule has 0 radical (unpaired) electrons. The molecule has 0 aliphatic rings. The van der Waals surface area contributed by atoms with Crippen molar-refractivity contribution in [1.82, 2.24) is 15.5 Å². The molecular formula is C22H22N4O4. The van der Waals surface area contributed by atoms with Crippen molar-refractivity contribution in [3.63, 3.8) is 0 Å². The van der Waals surface area contributed by atoms with Crippen LogP contribution in [0.4, 0.5) is 10.5 Å². The van der Waals surface area contributed by atoms with Crippen molar-refractivity contribution in [2.75, 3.05) is 12.4 Å². The first-order chi connectivity index (χ1) is 14.6. The average molecular weight is 406 g/mol. The molecule has 3 rings (SSSR count). The second-order valence-corrected chi connectivity index (χ2v) is 6.51. The van der Waals surface area contributed by atoms with Gasteiger partial charge in [0.25, 0.3) is 0 Å². The molecule has 0 spiro atoms. The summed E-state index contributed by atoms with van der Waals surface area (Å²) in [5, 5.41) is 23.5. The Morgan fingerprint density at radius 2 is 1.87 bits per heavy atom. The number of hydrogen-bond donors (Lipinski definition) is 3. The minimum absolute atomic E-state index is 0.283. The summed E-state index contributed by atoms with van der Waals surface area (Å²) >= 11 is 0. The summed E-state index contributed by atoms with van der Waals surface area (Å²) in [5.41, 5.74) is 4.09. The maximum Gasteiger partial charge on any atom is 0.411 e. The van der Waals surface area contributed by atoms with Crippen molar-refractivity contribution in [2.24, 2.45) is 0 Å².